The second-order valence-electron chi connectivity index (χ2n) is 6.48. The normalized spacial score (nSPS) is 11.5. The van der Waals surface area contributed by atoms with Crippen molar-refractivity contribution in [2.45, 2.75) is 32.7 Å². The van der Waals surface area contributed by atoms with Gasteiger partial charge in [-0.05, 0) is 12.1 Å². The summed E-state index contributed by atoms with van der Waals surface area (Å²) >= 11 is 1.54. The fourth-order valence-corrected chi connectivity index (χ4v) is 2.98. The van der Waals surface area contributed by atoms with E-state index in [-0.39, 0.29) is 17.9 Å². The number of pyridine rings is 1. The zero-order chi connectivity index (χ0) is 18.0. The molecule has 0 aliphatic rings. The molecule has 2 N–H and O–H groups in total. The van der Waals surface area contributed by atoms with Crippen molar-refractivity contribution in [3.63, 3.8) is 0 Å². The van der Waals surface area contributed by atoms with Crippen LogP contribution in [0.1, 0.15) is 31.5 Å². The minimum atomic E-state index is -0.801. The van der Waals surface area contributed by atoms with E-state index in [1.54, 1.807) is 22.7 Å². The van der Waals surface area contributed by atoms with Crippen molar-refractivity contribution in [1.29, 1.82) is 0 Å². The number of aromatic nitrogens is 4. The van der Waals surface area contributed by atoms with Gasteiger partial charge in [-0.3, -0.25) is 19.3 Å². The topological polar surface area (TPSA) is 101 Å². The number of amides is 2. The van der Waals surface area contributed by atoms with Gasteiger partial charge in [0, 0.05) is 17.0 Å². The lowest BCUT2D eigenvalue weighted by molar-refractivity contribution is -0.136. The van der Waals surface area contributed by atoms with Crippen molar-refractivity contribution in [3.8, 4) is 0 Å². The van der Waals surface area contributed by atoms with Gasteiger partial charge in [0.25, 0.3) is 0 Å². The smallest absolute Gasteiger partial charge is 0.316 e. The van der Waals surface area contributed by atoms with Crippen LogP contribution in [0.15, 0.2) is 29.8 Å². The largest absolute Gasteiger partial charge is 0.342 e. The van der Waals surface area contributed by atoms with Gasteiger partial charge in [0.15, 0.2) is 5.65 Å². The highest BCUT2D eigenvalue weighted by molar-refractivity contribution is 7.09. The number of nitrogens with zero attached hydrogens (tertiary/aromatic N) is 4. The SMILES string of the molecule is CC(C)(C)c1nc(CNC(=O)C(=O)Nc2nnc3ccccn23)cs1. The van der Waals surface area contributed by atoms with Gasteiger partial charge < -0.3 is 5.32 Å². The van der Waals surface area contributed by atoms with E-state index >= 15 is 0 Å². The molecule has 130 valence electrons. The van der Waals surface area contributed by atoms with Gasteiger partial charge in [0.05, 0.1) is 17.2 Å². The number of carbonyl (C=O) groups is 2. The average Bonchev–Trinajstić information content (AvgIpc) is 3.20. The molecule has 9 heteroatoms. The lowest BCUT2D eigenvalue weighted by Crippen LogP contribution is -2.35. The quantitative estimate of drug-likeness (QED) is 0.695. The standard InChI is InChI=1S/C16H18N6O2S/c1-16(2,3)14-18-10(9-25-14)8-17-12(23)13(24)19-15-21-20-11-6-4-5-7-22(11)15/h4-7,9H,8H2,1-3H3,(H,17,23)(H,19,21,24). The number of anilines is 1. The molecule has 3 rings (SSSR count). The third kappa shape index (κ3) is 3.82. The summed E-state index contributed by atoms with van der Waals surface area (Å²) in [7, 11) is 0. The third-order valence-electron chi connectivity index (χ3n) is 3.37. The van der Waals surface area contributed by atoms with E-state index in [2.05, 4.69) is 46.6 Å². The summed E-state index contributed by atoms with van der Waals surface area (Å²) < 4.78 is 1.58. The predicted molar refractivity (Wildman–Crippen MR) is 94.3 cm³/mol. The number of carbonyl (C=O) groups excluding carboxylic acids is 2. The van der Waals surface area contributed by atoms with Crippen LogP contribution in [-0.4, -0.2) is 31.4 Å². The Morgan fingerprint density at radius 1 is 1.20 bits per heavy atom. The Morgan fingerprint density at radius 2 is 2.00 bits per heavy atom. The molecule has 0 saturated carbocycles. The molecule has 0 atom stereocenters. The molecule has 0 radical (unpaired) electrons. The second-order valence-corrected chi connectivity index (χ2v) is 7.34. The first-order valence-corrected chi connectivity index (χ1v) is 8.56. The van der Waals surface area contributed by atoms with Crippen molar-refractivity contribution in [1.82, 2.24) is 24.9 Å². The highest BCUT2D eigenvalue weighted by Gasteiger charge is 2.20. The average molecular weight is 358 g/mol. The molecule has 0 aromatic carbocycles. The van der Waals surface area contributed by atoms with E-state index in [1.807, 2.05) is 11.4 Å². The summed E-state index contributed by atoms with van der Waals surface area (Å²) in [5.74, 6) is -1.36. The Bertz CT molecular complexity index is 924. The lowest BCUT2D eigenvalue weighted by Gasteiger charge is -2.13. The molecule has 0 fully saturated rings. The van der Waals surface area contributed by atoms with Gasteiger partial charge >= 0.3 is 11.8 Å². The zero-order valence-electron chi connectivity index (χ0n) is 14.1. The molecule has 0 bridgehead atoms. The summed E-state index contributed by atoms with van der Waals surface area (Å²) in [6.07, 6.45) is 1.70. The van der Waals surface area contributed by atoms with Gasteiger partial charge in [-0.15, -0.1) is 21.5 Å². The van der Waals surface area contributed by atoms with Crippen LogP contribution in [0.2, 0.25) is 0 Å². The van der Waals surface area contributed by atoms with Crippen LogP contribution in [0.5, 0.6) is 0 Å². The molecule has 3 aromatic rings. The van der Waals surface area contributed by atoms with Crippen LogP contribution < -0.4 is 10.6 Å². The maximum Gasteiger partial charge on any atom is 0.316 e. The van der Waals surface area contributed by atoms with Crippen molar-refractivity contribution in [2.75, 3.05) is 5.32 Å². The first-order valence-electron chi connectivity index (χ1n) is 7.68. The summed E-state index contributed by atoms with van der Waals surface area (Å²) in [5, 5.41) is 15.6. The van der Waals surface area contributed by atoms with Gasteiger partial charge in [-0.2, -0.15) is 0 Å². The van der Waals surface area contributed by atoms with E-state index in [4.69, 9.17) is 0 Å². The number of hydrogen-bond acceptors (Lipinski definition) is 6. The maximum atomic E-state index is 12.0. The Labute approximate surface area is 148 Å². The van der Waals surface area contributed by atoms with Gasteiger partial charge in [-0.1, -0.05) is 26.8 Å². The van der Waals surface area contributed by atoms with Crippen LogP contribution in [-0.2, 0) is 21.5 Å². The van der Waals surface area contributed by atoms with E-state index < -0.39 is 11.8 Å². The molecule has 0 spiro atoms. The molecule has 0 aliphatic carbocycles. The Morgan fingerprint density at radius 3 is 2.72 bits per heavy atom. The Kier molecular flexibility index (Phi) is 4.49. The van der Waals surface area contributed by atoms with Crippen LogP contribution in [0, 0.1) is 0 Å². The van der Waals surface area contributed by atoms with Gasteiger partial charge in [0.2, 0.25) is 5.95 Å². The van der Waals surface area contributed by atoms with E-state index in [0.29, 0.717) is 5.65 Å². The number of nitrogens with one attached hydrogen (secondary N) is 2. The predicted octanol–water partition coefficient (Wildman–Crippen LogP) is 1.74. The fraction of sp³-hybridized carbons (Fsp3) is 0.312. The minimum absolute atomic E-state index is 0.0426. The molecule has 2 amide bonds. The lowest BCUT2D eigenvalue weighted by atomic mass is 9.98. The van der Waals surface area contributed by atoms with Crippen molar-refractivity contribution < 1.29 is 9.59 Å². The number of fused-ring (bicyclic) bond motifs is 1. The molecule has 3 heterocycles. The van der Waals surface area contributed by atoms with Gasteiger partial charge in [-0.25, -0.2) is 4.98 Å². The Hall–Kier alpha value is -2.81. The van der Waals surface area contributed by atoms with Crippen LogP contribution in [0.25, 0.3) is 5.65 Å². The number of rotatable bonds is 3. The fourth-order valence-electron chi connectivity index (χ4n) is 2.07. The maximum absolute atomic E-state index is 12.0. The van der Waals surface area contributed by atoms with Crippen molar-refractivity contribution in [2.24, 2.45) is 0 Å². The molecular weight excluding hydrogens is 340 g/mol. The second kappa shape index (κ2) is 6.60. The molecule has 3 aromatic heterocycles. The molecule has 0 aliphatic heterocycles. The van der Waals surface area contributed by atoms with Crippen LogP contribution in [0.3, 0.4) is 0 Å². The van der Waals surface area contributed by atoms with Crippen LogP contribution >= 0.6 is 11.3 Å². The monoisotopic (exact) mass is 358 g/mol. The molecular formula is C16H18N6O2S. The summed E-state index contributed by atoms with van der Waals surface area (Å²) in [4.78, 5) is 28.5. The molecule has 25 heavy (non-hydrogen) atoms. The van der Waals surface area contributed by atoms with Crippen LogP contribution in [0.4, 0.5) is 5.95 Å². The summed E-state index contributed by atoms with van der Waals surface area (Å²) in [6.45, 7) is 6.42. The third-order valence-corrected chi connectivity index (χ3v) is 4.69. The van der Waals surface area contributed by atoms with E-state index in [9.17, 15) is 9.59 Å². The Balaban J connectivity index is 1.59. The summed E-state index contributed by atoms with van der Waals surface area (Å²) in [5.41, 5.74) is 1.26. The van der Waals surface area contributed by atoms with Crippen molar-refractivity contribution >= 4 is 34.7 Å². The minimum Gasteiger partial charge on any atom is -0.342 e. The van der Waals surface area contributed by atoms with E-state index in [1.165, 1.54) is 11.3 Å². The molecule has 8 nitrogen and oxygen atoms in total. The summed E-state index contributed by atoms with van der Waals surface area (Å²) in [6, 6.07) is 5.33. The van der Waals surface area contributed by atoms with Crippen molar-refractivity contribution in [3.05, 3.63) is 40.5 Å². The van der Waals surface area contributed by atoms with E-state index in [0.717, 1.165) is 10.7 Å². The molecule has 0 unspecified atom stereocenters. The molecule has 0 saturated heterocycles. The highest BCUT2D eigenvalue weighted by atomic mass is 32.1. The number of hydrogen-bond donors (Lipinski definition) is 2. The van der Waals surface area contributed by atoms with Gasteiger partial charge in [0.1, 0.15) is 0 Å². The zero-order valence-corrected chi connectivity index (χ0v) is 14.9. The first-order chi connectivity index (χ1) is 11.8. The highest BCUT2D eigenvalue weighted by Crippen LogP contribution is 2.25. The first kappa shape index (κ1) is 17.0. The number of thiazole rings is 1.